The van der Waals surface area contributed by atoms with Crippen LogP contribution >= 0.6 is 11.3 Å². The number of aromatic nitrogens is 1. The van der Waals surface area contributed by atoms with Crippen LogP contribution in [0.1, 0.15) is 37.8 Å². The molecule has 2 aromatic carbocycles. The van der Waals surface area contributed by atoms with Crippen molar-refractivity contribution in [1.82, 2.24) is 4.98 Å². The number of rotatable bonds is 6. The van der Waals surface area contributed by atoms with Crippen molar-refractivity contribution >= 4 is 32.6 Å². The quantitative estimate of drug-likeness (QED) is 0.619. The molecule has 0 aliphatic carbocycles. The minimum absolute atomic E-state index is 0.135. The van der Waals surface area contributed by atoms with Crippen molar-refractivity contribution in [3.8, 4) is 0 Å². The number of benzene rings is 2. The van der Waals surface area contributed by atoms with Gasteiger partial charge in [0.25, 0.3) is 0 Å². The van der Waals surface area contributed by atoms with Crippen LogP contribution in [-0.2, 0) is 17.8 Å². The van der Waals surface area contributed by atoms with Gasteiger partial charge in [0.2, 0.25) is 5.91 Å². The van der Waals surface area contributed by atoms with Gasteiger partial charge in [-0.1, -0.05) is 61.6 Å². The Labute approximate surface area is 147 Å². The Morgan fingerprint density at radius 3 is 2.58 bits per heavy atom. The average Bonchev–Trinajstić information content (AvgIpc) is 3.03. The number of carbonyl (C=O) groups is 1. The summed E-state index contributed by atoms with van der Waals surface area (Å²) >= 11 is 1.60. The highest BCUT2D eigenvalue weighted by atomic mass is 32.1. The molecule has 124 valence electrons. The maximum atomic E-state index is 12.6. The Bertz CT molecular complexity index is 826. The minimum Gasteiger partial charge on any atom is -0.284 e. The third kappa shape index (κ3) is 3.65. The van der Waals surface area contributed by atoms with Crippen molar-refractivity contribution in [1.29, 1.82) is 0 Å². The first-order valence-electron chi connectivity index (χ1n) is 8.45. The molecular weight excluding hydrogens is 316 g/mol. The fraction of sp³-hybridized carbons (Fsp3) is 0.300. The Balaban J connectivity index is 1.96. The lowest BCUT2D eigenvalue weighted by molar-refractivity contribution is -0.118. The third-order valence-corrected chi connectivity index (χ3v) is 5.07. The zero-order valence-corrected chi connectivity index (χ0v) is 15.0. The highest BCUT2D eigenvalue weighted by molar-refractivity contribution is 7.22. The zero-order valence-electron chi connectivity index (χ0n) is 14.2. The van der Waals surface area contributed by atoms with Gasteiger partial charge in [-0.2, -0.15) is 0 Å². The fourth-order valence-corrected chi connectivity index (χ4v) is 3.72. The Kier molecular flexibility index (Phi) is 5.26. The smallest absolute Gasteiger partial charge is 0.229 e. The third-order valence-electron chi connectivity index (χ3n) is 4.03. The van der Waals surface area contributed by atoms with E-state index in [1.807, 2.05) is 30.0 Å². The van der Waals surface area contributed by atoms with E-state index in [2.05, 4.69) is 37.3 Å². The molecule has 0 saturated heterocycles. The molecular formula is C20H22N2OS. The maximum Gasteiger partial charge on any atom is 0.229 e. The van der Waals surface area contributed by atoms with Crippen molar-refractivity contribution < 1.29 is 4.79 Å². The van der Waals surface area contributed by atoms with Crippen LogP contribution in [0.25, 0.3) is 10.2 Å². The van der Waals surface area contributed by atoms with Gasteiger partial charge < -0.3 is 0 Å². The lowest BCUT2D eigenvalue weighted by Gasteiger charge is -2.19. The minimum atomic E-state index is 0.135. The van der Waals surface area contributed by atoms with E-state index in [0.29, 0.717) is 13.0 Å². The molecule has 0 fully saturated rings. The molecule has 0 bridgehead atoms. The van der Waals surface area contributed by atoms with Crippen molar-refractivity contribution in [2.75, 3.05) is 4.90 Å². The molecule has 4 heteroatoms. The van der Waals surface area contributed by atoms with Gasteiger partial charge >= 0.3 is 0 Å². The highest BCUT2D eigenvalue weighted by Crippen LogP contribution is 2.31. The van der Waals surface area contributed by atoms with Gasteiger partial charge in [0.05, 0.1) is 16.8 Å². The van der Waals surface area contributed by atoms with Gasteiger partial charge in [-0.15, -0.1) is 0 Å². The van der Waals surface area contributed by atoms with Crippen LogP contribution in [-0.4, -0.2) is 10.9 Å². The Morgan fingerprint density at radius 2 is 1.88 bits per heavy atom. The van der Waals surface area contributed by atoms with Crippen molar-refractivity contribution in [3.63, 3.8) is 0 Å². The second-order valence-electron chi connectivity index (χ2n) is 5.87. The van der Waals surface area contributed by atoms with Crippen molar-refractivity contribution in [2.45, 2.75) is 39.7 Å². The van der Waals surface area contributed by atoms with Gasteiger partial charge in [0.1, 0.15) is 0 Å². The molecule has 3 aromatic rings. The molecule has 1 aromatic heterocycles. The lowest BCUT2D eigenvalue weighted by Crippen LogP contribution is -2.29. The molecule has 24 heavy (non-hydrogen) atoms. The van der Waals surface area contributed by atoms with Gasteiger partial charge in [-0.05, 0) is 36.1 Å². The van der Waals surface area contributed by atoms with Crippen molar-refractivity contribution in [3.05, 3.63) is 59.7 Å². The number of anilines is 1. The van der Waals surface area contributed by atoms with Gasteiger partial charge in [0.15, 0.2) is 5.13 Å². The molecule has 0 N–H and O–H groups in total. The summed E-state index contributed by atoms with van der Waals surface area (Å²) in [5, 5.41) is 0.792. The SMILES string of the molecule is CCCC(=O)N(Cc1ccccc1)c1nc2ccc(CC)cc2s1. The first kappa shape index (κ1) is 16.7. The van der Waals surface area contributed by atoms with E-state index >= 15 is 0 Å². The largest absolute Gasteiger partial charge is 0.284 e. The molecule has 1 heterocycles. The molecule has 0 radical (unpaired) electrons. The predicted molar refractivity (Wildman–Crippen MR) is 102 cm³/mol. The summed E-state index contributed by atoms with van der Waals surface area (Å²) in [5.74, 6) is 0.135. The first-order chi connectivity index (χ1) is 11.7. The lowest BCUT2D eigenvalue weighted by atomic mass is 10.2. The van der Waals surface area contributed by atoms with Crippen LogP contribution in [0.4, 0.5) is 5.13 Å². The number of fused-ring (bicyclic) bond motifs is 1. The number of hydrogen-bond acceptors (Lipinski definition) is 3. The van der Waals surface area contributed by atoms with Gasteiger partial charge in [-0.3, -0.25) is 9.69 Å². The summed E-state index contributed by atoms with van der Waals surface area (Å²) in [4.78, 5) is 19.2. The van der Waals surface area contributed by atoms with Crippen LogP contribution in [0.15, 0.2) is 48.5 Å². The Morgan fingerprint density at radius 1 is 1.08 bits per heavy atom. The first-order valence-corrected chi connectivity index (χ1v) is 9.26. The van der Waals surface area contributed by atoms with Crippen LogP contribution in [0.3, 0.4) is 0 Å². The van der Waals surface area contributed by atoms with E-state index in [9.17, 15) is 4.79 Å². The molecule has 3 nitrogen and oxygen atoms in total. The van der Waals surface area contributed by atoms with E-state index in [1.54, 1.807) is 11.3 Å². The second kappa shape index (κ2) is 7.58. The standard InChI is InChI=1S/C20H22N2OS/c1-3-8-19(23)22(14-16-9-6-5-7-10-16)20-21-17-12-11-15(4-2)13-18(17)24-20/h5-7,9-13H,3-4,8,14H2,1-2H3. The molecule has 0 aliphatic rings. The average molecular weight is 338 g/mol. The number of carbonyl (C=O) groups excluding carboxylic acids is 1. The molecule has 0 aliphatic heterocycles. The number of thiazole rings is 1. The van der Waals surface area contributed by atoms with E-state index in [1.165, 1.54) is 5.56 Å². The number of nitrogens with zero attached hydrogens (tertiary/aromatic N) is 2. The van der Waals surface area contributed by atoms with Gasteiger partial charge in [-0.25, -0.2) is 4.98 Å². The molecule has 1 amide bonds. The molecule has 3 rings (SSSR count). The molecule has 0 atom stereocenters. The monoisotopic (exact) mass is 338 g/mol. The van der Waals surface area contributed by atoms with Crippen LogP contribution in [0.5, 0.6) is 0 Å². The summed E-state index contributed by atoms with van der Waals surface area (Å²) in [6.07, 6.45) is 2.39. The highest BCUT2D eigenvalue weighted by Gasteiger charge is 2.19. The summed E-state index contributed by atoms with van der Waals surface area (Å²) in [6, 6.07) is 16.4. The predicted octanol–water partition coefficient (Wildman–Crippen LogP) is 5.19. The number of amides is 1. The zero-order chi connectivity index (χ0) is 16.9. The van der Waals surface area contributed by atoms with Gasteiger partial charge in [0, 0.05) is 6.42 Å². The summed E-state index contributed by atoms with van der Waals surface area (Å²) in [5.41, 5.74) is 3.39. The summed E-state index contributed by atoms with van der Waals surface area (Å²) in [7, 11) is 0. The molecule has 0 unspecified atom stereocenters. The van der Waals surface area contributed by atoms with E-state index in [4.69, 9.17) is 4.98 Å². The van der Waals surface area contributed by atoms with Crippen LogP contribution < -0.4 is 4.90 Å². The number of aryl methyl sites for hydroxylation is 1. The number of hydrogen-bond donors (Lipinski definition) is 0. The maximum absolute atomic E-state index is 12.6. The molecule has 0 spiro atoms. The van der Waals surface area contributed by atoms with E-state index < -0.39 is 0 Å². The second-order valence-corrected chi connectivity index (χ2v) is 6.88. The summed E-state index contributed by atoms with van der Waals surface area (Å²) in [6.45, 7) is 4.75. The Hall–Kier alpha value is -2.20. The molecule has 0 saturated carbocycles. The fourth-order valence-electron chi connectivity index (χ4n) is 2.67. The van der Waals surface area contributed by atoms with Crippen LogP contribution in [0.2, 0.25) is 0 Å². The topological polar surface area (TPSA) is 33.2 Å². The van der Waals surface area contributed by atoms with Crippen LogP contribution in [0, 0.1) is 0 Å². The van der Waals surface area contributed by atoms with E-state index in [0.717, 1.165) is 33.8 Å². The van der Waals surface area contributed by atoms with Crippen molar-refractivity contribution in [2.24, 2.45) is 0 Å². The summed E-state index contributed by atoms with van der Waals surface area (Å²) < 4.78 is 1.15. The van der Waals surface area contributed by atoms with E-state index in [-0.39, 0.29) is 5.91 Å². The normalized spacial score (nSPS) is 10.9.